The SMILES string of the molecule is CCOc1ccc(NC(=O)C(CC)Sc2cccc(NC(=O)c3ccc(OC)cc3)c2)cc1. The van der Waals surface area contributed by atoms with Gasteiger partial charge < -0.3 is 20.1 Å². The first-order chi connectivity index (χ1) is 16.0. The molecule has 33 heavy (non-hydrogen) atoms. The van der Waals surface area contributed by atoms with Crippen LogP contribution in [0.5, 0.6) is 11.5 Å². The summed E-state index contributed by atoms with van der Waals surface area (Å²) in [6.07, 6.45) is 0.663. The first-order valence-corrected chi connectivity index (χ1v) is 11.7. The van der Waals surface area contributed by atoms with Crippen molar-refractivity contribution in [2.75, 3.05) is 24.4 Å². The lowest BCUT2D eigenvalue weighted by atomic mass is 10.2. The average Bonchev–Trinajstić information content (AvgIpc) is 2.84. The lowest BCUT2D eigenvalue weighted by Crippen LogP contribution is -2.24. The average molecular weight is 465 g/mol. The van der Waals surface area contributed by atoms with Crippen LogP contribution in [0.1, 0.15) is 30.6 Å². The number of methoxy groups -OCH3 is 1. The number of nitrogens with one attached hydrogen (secondary N) is 2. The van der Waals surface area contributed by atoms with Crippen molar-refractivity contribution in [1.29, 1.82) is 0 Å². The van der Waals surface area contributed by atoms with E-state index < -0.39 is 0 Å². The monoisotopic (exact) mass is 464 g/mol. The van der Waals surface area contributed by atoms with Gasteiger partial charge in [0.05, 0.1) is 19.0 Å². The highest BCUT2D eigenvalue weighted by Gasteiger charge is 2.18. The Hall–Kier alpha value is -3.45. The predicted molar refractivity (Wildman–Crippen MR) is 134 cm³/mol. The van der Waals surface area contributed by atoms with Crippen molar-refractivity contribution in [3.63, 3.8) is 0 Å². The second kappa shape index (κ2) is 12.0. The molecule has 0 radical (unpaired) electrons. The lowest BCUT2D eigenvalue weighted by Gasteiger charge is -2.16. The standard InChI is InChI=1S/C26H28N2O4S/c1-4-24(26(30)27-19-11-15-22(16-12-19)32-5-2)33-23-8-6-7-20(17-23)28-25(29)18-9-13-21(31-3)14-10-18/h6-17,24H,4-5H2,1-3H3,(H,27,30)(H,28,29). The van der Waals surface area contributed by atoms with Crippen molar-refractivity contribution in [2.24, 2.45) is 0 Å². The minimum atomic E-state index is -0.274. The summed E-state index contributed by atoms with van der Waals surface area (Å²) in [6.45, 7) is 4.50. The van der Waals surface area contributed by atoms with Gasteiger partial charge in [0.2, 0.25) is 5.91 Å². The maximum Gasteiger partial charge on any atom is 0.255 e. The summed E-state index contributed by atoms with van der Waals surface area (Å²) < 4.78 is 10.6. The minimum Gasteiger partial charge on any atom is -0.497 e. The van der Waals surface area contributed by atoms with E-state index in [1.807, 2.05) is 62.4 Å². The number of carbonyl (C=O) groups excluding carboxylic acids is 2. The number of amides is 2. The molecule has 0 fully saturated rings. The van der Waals surface area contributed by atoms with Crippen LogP contribution in [0.15, 0.2) is 77.7 Å². The lowest BCUT2D eigenvalue weighted by molar-refractivity contribution is -0.115. The van der Waals surface area contributed by atoms with Crippen molar-refractivity contribution in [3.8, 4) is 11.5 Å². The molecule has 2 N–H and O–H groups in total. The molecule has 0 aromatic heterocycles. The highest BCUT2D eigenvalue weighted by atomic mass is 32.2. The summed E-state index contributed by atoms with van der Waals surface area (Å²) in [7, 11) is 1.58. The van der Waals surface area contributed by atoms with Gasteiger partial charge in [0.25, 0.3) is 5.91 Å². The highest BCUT2D eigenvalue weighted by Crippen LogP contribution is 2.29. The molecule has 3 aromatic carbocycles. The second-order valence-electron chi connectivity index (χ2n) is 7.17. The number of benzene rings is 3. The van der Waals surface area contributed by atoms with E-state index in [1.54, 1.807) is 31.4 Å². The van der Waals surface area contributed by atoms with E-state index in [9.17, 15) is 9.59 Å². The van der Waals surface area contributed by atoms with E-state index in [4.69, 9.17) is 9.47 Å². The number of anilines is 2. The maximum atomic E-state index is 12.8. The molecule has 1 atom stereocenters. The summed E-state index contributed by atoms with van der Waals surface area (Å²) >= 11 is 1.46. The number of hydrogen-bond donors (Lipinski definition) is 2. The van der Waals surface area contributed by atoms with Crippen LogP contribution >= 0.6 is 11.8 Å². The van der Waals surface area contributed by atoms with Crippen LogP contribution in [-0.2, 0) is 4.79 Å². The van der Waals surface area contributed by atoms with Crippen molar-refractivity contribution in [3.05, 3.63) is 78.4 Å². The molecule has 0 aliphatic carbocycles. The number of carbonyl (C=O) groups is 2. The third kappa shape index (κ3) is 7.02. The van der Waals surface area contributed by atoms with Crippen LogP contribution < -0.4 is 20.1 Å². The Labute approximate surface area is 198 Å². The molecular formula is C26H28N2O4S. The van der Waals surface area contributed by atoms with Crippen LogP contribution in [0, 0.1) is 0 Å². The minimum absolute atomic E-state index is 0.0701. The zero-order chi connectivity index (χ0) is 23.6. The molecule has 0 heterocycles. The van der Waals surface area contributed by atoms with Gasteiger partial charge in [-0.2, -0.15) is 0 Å². The molecule has 0 bridgehead atoms. The van der Waals surface area contributed by atoms with E-state index in [0.29, 0.717) is 30.0 Å². The first-order valence-electron chi connectivity index (χ1n) is 10.8. The number of hydrogen-bond acceptors (Lipinski definition) is 5. The summed E-state index contributed by atoms with van der Waals surface area (Å²) in [5.74, 6) is 1.18. The van der Waals surface area contributed by atoms with Crippen LogP contribution in [-0.4, -0.2) is 30.8 Å². The third-order valence-corrected chi connectivity index (χ3v) is 6.18. The zero-order valence-electron chi connectivity index (χ0n) is 19.0. The van der Waals surface area contributed by atoms with Gasteiger partial charge in [0, 0.05) is 21.8 Å². The Morgan fingerprint density at radius 1 is 0.879 bits per heavy atom. The van der Waals surface area contributed by atoms with Crippen LogP contribution in [0.3, 0.4) is 0 Å². The van der Waals surface area contributed by atoms with E-state index in [0.717, 1.165) is 16.3 Å². The Balaban J connectivity index is 1.62. The quantitative estimate of drug-likeness (QED) is 0.368. The third-order valence-electron chi connectivity index (χ3n) is 4.82. The maximum absolute atomic E-state index is 12.8. The Bertz CT molecular complexity index is 1070. The zero-order valence-corrected chi connectivity index (χ0v) is 19.8. The molecule has 3 rings (SSSR count). The molecule has 172 valence electrons. The molecule has 0 aliphatic heterocycles. The first kappa shape index (κ1) is 24.2. The number of ether oxygens (including phenoxy) is 2. The molecule has 0 saturated carbocycles. The van der Waals surface area contributed by atoms with Gasteiger partial charge in [-0.1, -0.05) is 13.0 Å². The van der Waals surface area contributed by atoms with Crippen LogP contribution in [0.4, 0.5) is 11.4 Å². The van der Waals surface area contributed by atoms with Gasteiger partial charge in [-0.3, -0.25) is 9.59 Å². The molecule has 0 aliphatic rings. The van der Waals surface area contributed by atoms with Gasteiger partial charge in [-0.05, 0) is 80.1 Å². The smallest absolute Gasteiger partial charge is 0.255 e. The molecule has 2 amide bonds. The van der Waals surface area contributed by atoms with Gasteiger partial charge >= 0.3 is 0 Å². The fraction of sp³-hybridized carbons (Fsp3) is 0.231. The molecule has 0 saturated heterocycles. The van der Waals surface area contributed by atoms with Gasteiger partial charge in [0.15, 0.2) is 0 Å². The van der Waals surface area contributed by atoms with Crippen molar-refractivity contribution < 1.29 is 19.1 Å². The van der Waals surface area contributed by atoms with Crippen molar-refractivity contribution >= 4 is 35.0 Å². The fourth-order valence-electron chi connectivity index (χ4n) is 3.10. The molecule has 1 unspecified atom stereocenters. The van der Waals surface area contributed by atoms with Gasteiger partial charge in [-0.25, -0.2) is 0 Å². The summed E-state index contributed by atoms with van der Waals surface area (Å²) in [5.41, 5.74) is 1.93. The summed E-state index contributed by atoms with van der Waals surface area (Å²) in [5, 5.41) is 5.60. The molecule has 6 nitrogen and oxygen atoms in total. The fourth-order valence-corrected chi connectivity index (χ4v) is 4.12. The topological polar surface area (TPSA) is 76.7 Å². The molecule has 3 aromatic rings. The molecule has 0 spiro atoms. The van der Waals surface area contributed by atoms with E-state index >= 15 is 0 Å². The Morgan fingerprint density at radius 3 is 2.21 bits per heavy atom. The van der Waals surface area contributed by atoms with Crippen LogP contribution in [0.2, 0.25) is 0 Å². The normalized spacial score (nSPS) is 11.4. The highest BCUT2D eigenvalue weighted by molar-refractivity contribution is 8.00. The van der Waals surface area contributed by atoms with E-state index in [1.165, 1.54) is 11.8 Å². The Morgan fingerprint density at radius 2 is 1.58 bits per heavy atom. The second-order valence-corrected chi connectivity index (χ2v) is 8.45. The molecular weight excluding hydrogens is 436 g/mol. The number of thioether (sulfide) groups is 1. The molecule has 7 heteroatoms. The summed E-state index contributed by atoms with van der Waals surface area (Å²) in [6, 6.07) is 21.7. The largest absolute Gasteiger partial charge is 0.497 e. The van der Waals surface area contributed by atoms with E-state index in [2.05, 4.69) is 10.6 Å². The summed E-state index contributed by atoms with van der Waals surface area (Å²) in [4.78, 5) is 26.3. The Kier molecular flexibility index (Phi) is 8.78. The van der Waals surface area contributed by atoms with Crippen LogP contribution in [0.25, 0.3) is 0 Å². The van der Waals surface area contributed by atoms with Crippen molar-refractivity contribution in [2.45, 2.75) is 30.4 Å². The number of rotatable bonds is 10. The van der Waals surface area contributed by atoms with E-state index in [-0.39, 0.29) is 17.1 Å². The van der Waals surface area contributed by atoms with Gasteiger partial charge in [-0.15, -0.1) is 11.8 Å². The van der Waals surface area contributed by atoms with Gasteiger partial charge in [0.1, 0.15) is 11.5 Å². The van der Waals surface area contributed by atoms with Crippen molar-refractivity contribution in [1.82, 2.24) is 0 Å². The predicted octanol–water partition coefficient (Wildman–Crippen LogP) is 5.86.